The van der Waals surface area contributed by atoms with E-state index in [-0.39, 0.29) is 6.10 Å². The average Bonchev–Trinajstić information content (AvgIpc) is 2.44. The summed E-state index contributed by atoms with van der Waals surface area (Å²) in [6.07, 6.45) is -0.339. The molecule has 1 N–H and O–H groups in total. The Balaban J connectivity index is 1.78. The second-order valence-electron chi connectivity index (χ2n) is 4.30. The van der Waals surface area contributed by atoms with Gasteiger partial charge >= 0.3 is 0 Å². The molecule has 1 aromatic rings. The van der Waals surface area contributed by atoms with Gasteiger partial charge in [-0.3, -0.25) is 0 Å². The highest BCUT2D eigenvalue weighted by Gasteiger charge is 2.41. The molecule has 1 fully saturated rings. The molecule has 3 rings (SSSR count). The number of aliphatic hydroxyl groups is 1. The highest BCUT2D eigenvalue weighted by Crippen LogP contribution is 2.34. The van der Waals surface area contributed by atoms with Gasteiger partial charge in [0.25, 0.3) is 0 Å². The molecule has 1 aromatic carbocycles. The van der Waals surface area contributed by atoms with E-state index in [1.165, 1.54) is 6.26 Å². The van der Waals surface area contributed by atoms with E-state index in [0.717, 1.165) is 5.56 Å². The standard InChI is InChI=1S/C13H13BrO4/c14-9-6-16-10-7-17-13(18-12(10)11(9)15)8-4-2-1-3-5-8/h1-6,10-13,15H,7H2/t10-,11-,12-,13?/m1/s1. The van der Waals surface area contributed by atoms with Crippen LogP contribution in [0.15, 0.2) is 41.1 Å². The van der Waals surface area contributed by atoms with Crippen LogP contribution in [0.1, 0.15) is 11.9 Å². The predicted molar refractivity (Wildman–Crippen MR) is 67.9 cm³/mol. The van der Waals surface area contributed by atoms with E-state index in [1.807, 2.05) is 30.3 Å². The summed E-state index contributed by atoms with van der Waals surface area (Å²) < 4.78 is 17.4. The smallest absolute Gasteiger partial charge is 0.184 e. The van der Waals surface area contributed by atoms with Gasteiger partial charge in [-0.1, -0.05) is 30.3 Å². The minimum absolute atomic E-state index is 0.263. The first-order valence-electron chi connectivity index (χ1n) is 5.77. The molecule has 0 aliphatic carbocycles. The monoisotopic (exact) mass is 312 g/mol. The van der Waals surface area contributed by atoms with E-state index in [9.17, 15) is 5.11 Å². The maximum atomic E-state index is 10.1. The molecule has 2 heterocycles. The molecule has 0 saturated carbocycles. The Labute approximate surface area is 113 Å². The van der Waals surface area contributed by atoms with Crippen LogP contribution < -0.4 is 0 Å². The molecule has 0 spiro atoms. The van der Waals surface area contributed by atoms with Crippen molar-refractivity contribution in [1.29, 1.82) is 0 Å². The number of rotatable bonds is 1. The molecule has 0 bridgehead atoms. The summed E-state index contributed by atoms with van der Waals surface area (Å²) in [6.45, 7) is 0.401. The maximum Gasteiger partial charge on any atom is 0.184 e. The third-order valence-electron chi connectivity index (χ3n) is 3.08. The lowest BCUT2D eigenvalue weighted by molar-refractivity contribution is -0.276. The fourth-order valence-corrected chi connectivity index (χ4v) is 2.47. The molecule has 96 valence electrons. The minimum atomic E-state index is -0.709. The van der Waals surface area contributed by atoms with Crippen LogP contribution in [0.5, 0.6) is 0 Å². The Morgan fingerprint density at radius 2 is 2.00 bits per heavy atom. The average molecular weight is 313 g/mol. The van der Waals surface area contributed by atoms with Crippen molar-refractivity contribution in [2.24, 2.45) is 0 Å². The summed E-state index contributed by atoms with van der Waals surface area (Å²) >= 11 is 3.26. The van der Waals surface area contributed by atoms with Gasteiger partial charge in [-0.2, -0.15) is 0 Å². The van der Waals surface area contributed by atoms with Crippen LogP contribution in [0, 0.1) is 0 Å². The van der Waals surface area contributed by atoms with Gasteiger partial charge in [0.2, 0.25) is 0 Å². The Morgan fingerprint density at radius 3 is 2.78 bits per heavy atom. The summed E-state index contributed by atoms with van der Waals surface area (Å²) in [5.41, 5.74) is 0.939. The Hall–Kier alpha value is -0.880. The molecule has 1 saturated heterocycles. The molecular weight excluding hydrogens is 300 g/mol. The SMILES string of the molecule is O[C@@H]1C(Br)=CO[C@@H]2COC(c3ccccc3)O[C@@H]12. The van der Waals surface area contributed by atoms with Gasteiger partial charge in [0, 0.05) is 5.56 Å². The Kier molecular flexibility index (Phi) is 3.39. The molecular formula is C13H13BrO4. The highest BCUT2D eigenvalue weighted by atomic mass is 79.9. The van der Waals surface area contributed by atoms with Crippen molar-refractivity contribution >= 4 is 15.9 Å². The second-order valence-corrected chi connectivity index (χ2v) is 5.21. The van der Waals surface area contributed by atoms with Crippen LogP contribution in [0.25, 0.3) is 0 Å². The van der Waals surface area contributed by atoms with E-state index in [4.69, 9.17) is 14.2 Å². The molecule has 4 nitrogen and oxygen atoms in total. The number of aliphatic hydroxyl groups excluding tert-OH is 1. The maximum absolute atomic E-state index is 10.1. The molecule has 4 atom stereocenters. The van der Waals surface area contributed by atoms with Gasteiger partial charge < -0.3 is 19.3 Å². The van der Waals surface area contributed by atoms with E-state index in [1.54, 1.807) is 0 Å². The summed E-state index contributed by atoms with van der Waals surface area (Å²) in [7, 11) is 0. The lowest BCUT2D eigenvalue weighted by Crippen LogP contribution is -2.50. The zero-order valence-electron chi connectivity index (χ0n) is 9.53. The lowest BCUT2D eigenvalue weighted by Gasteiger charge is -2.40. The number of hydrogen-bond donors (Lipinski definition) is 1. The first kappa shape index (κ1) is 12.2. The molecule has 0 aromatic heterocycles. The van der Waals surface area contributed by atoms with Gasteiger partial charge in [0.15, 0.2) is 12.4 Å². The zero-order valence-corrected chi connectivity index (χ0v) is 11.1. The van der Waals surface area contributed by atoms with Crippen molar-refractivity contribution < 1.29 is 19.3 Å². The van der Waals surface area contributed by atoms with Gasteiger partial charge in [0.1, 0.15) is 12.2 Å². The van der Waals surface area contributed by atoms with Crippen molar-refractivity contribution in [3.8, 4) is 0 Å². The number of benzene rings is 1. The molecule has 1 unspecified atom stereocenters. The normalized spacial score (nSPS) is 35.3. The third-order valence-corrected chi connectivity index (χ3v) is 3.74. The van der Waals surface area contributed by atoms with E-state index in [0.29, 0.717) is 11.1 Å². The summed E-state index contributed by atoms with van der Waals surface area (Å²) in [6, 6.07) is 9.67. The molecule has 0 radical (unpaired) electrons. The van der Waals surface area contributed by atoms with Crippen LogP contribution >= 0.6 is 15.9 Å². The van der Waals surface area contributed by atoms with Crippen molar-refractivity contribution in [1.82, 2.24) is 0 Å². The number of ether oxygens (including phenoxy) is 3. The number of hydrogen-bond acceptors (Lipinski definition) is 4. The number of halogens is 1. The van der Waals surface area contributed by atoms with Gasteiger partial charge in [0.05, 0.1) is 17.4 Å². The fraction of sp³-hybridized carbons (Fsp3) is 0.385. The van der Waals surface area contributed by atoms with Crippen LogP contribution in [0.3, 0.4) is 0 Å². The van der Waals surface area contributed by atoms with Gasteiger partial charge in [-0.05, 0) is 15.9 Å². The third kappa shape index (κ3) is 2.19. The van der Waals surface area contributed by atoms with E-state index < -0.39 is 18.5 Å². The van der Waals surface area contributed by atoms with Crippen molar-refractivity contribution in [3.05, 3.63) is 46.6 Å². The lowest BCUT2D eigenvalue weighted by atomic mass is 10.0. The van der Waals surface area contributed by atoms with Crippen LogP contribution in [-0.2, 0) is 14.2 Å². The van der Waals surface area contributed by atoms with E-state index in [2.05, 4.69) is 15.9 Å². The molecule has 18 heavy (non-hydrogen) atoms. The van der Waals surface area contributed by atoms with Crippen LogP contribution in [0.2, 0.25) is 0 Å². The van der Waals surface area contributed by atoms with Crippen molar-refractivity contribution in [2.75, 3.05) is 6.61 Å². The largest absolute Gasteiger partial charge is 0.492 e. The van der Waals surface area contributed by atoms with E-state index >= 15 is 0 Å². The predicted octanol–water partition coefficient (Wildman–Crippen LogP) is 2.10. The summed E-state index contributed by atoms with van der Waals surface area (Å²) in [4.78, 5) is 0. The van der Waals surface area contributed by atoms with Crippen molar-refractivity contribution in [3.63, 3.8) is 0 Å². The molecule has 0 amide bonds. The highest BCUT2D eigenvalue weighted by molar-refractivity contribution is 9.11. The topological polar surface area (TPSA) is 47.9 Å². The van der Waals surface area contributed by atoms with Gasteiger partial charge in [-0.15, -0.1) is 0 Å². The molecule has 5 heteroatoms. The Bertz CT molecular complexity index is 448. The van der Waals surface area contributed by atoms with Crippen molar-refractivity contribution in [2.45, 2.75) is 24.6 Å². The quantitative estimate of drug-likeness (QED) is 0.862. The summed E-state index contributed by atoms with van der Waals surface area (Å²) in [5, 5.41) is 10.1. The van der Waals surface area contributed by atoms with Crippen LogP contribution in [0.4, 0.5) is 0 Å². The molecule has 2 aliphatic rings. The fourth-order valence-electron chi connectivity index (χ4n) is 2.11. The second kappa shape index (κ2) is 5.01. The first-order chi connectivity index (χ1) is 8.75. The van der Waals surface area contributed by atoms with Gasteiger partial charge in [-0.25, -0.2) is 0 Å². The van der Waals surface area contributed by atoms with Crippen LogP contribution in [-0.4, -0.2) is 30.0 Å². The molecule has 2 aliphatic heterocycles. The zero-order chi connectivity index (χ0) is 12.5. The minimum Gasteiger partial charge on any atom is -0.492 e. The number of fused-ring (bicyclic) bond motifs is 1. The summed E-state index contributed by atoms with van der Waals surface area (Å²) in [5.74, 6) is 0. The Morgan fingerprint density at radius 1 is 1.22 bits per heavy atom. The first-order valence-corrected chi connectivity index (χ1v) is 6.56.